The van der Waals surface area contributed by atoms with Crippen LogP contribution in [0, 0.1) is 0 Å². The van der Waals surface area contributed by atoms with Crippen LogP contribution in [-0.2, 0) is 16.0 Å². The Bertz CT molecular complexity index is 1290. The van der Waals surface area contributed by atoms with Crippen LogP contribution in [0.4, 0.5) is 0 Å². The second kappa shape index (κ2) is 12.8. The van der Waals surface area contributed by atoms with Crippen LogP contribution >= 0.6 is 31.9 Å². The summed E-state index contributed by atoms with van der Waals surface area (Å²) in [6, 6.07) is 8.95. The minimum Gasteiger partial charge on any atom is -0.490 e. The van der Waals surface area contributed by atoms with Crippen LogP contribution in [-0.4, -0.2) is 41.7 Å². The first kappa shape index (κ1) is 26.9. The predicted molar refractivity (Wildman–Crippen MR) is 143 cm³/mol. The summed E-state index contributed by atoms with van der Waals surface area (Å²) in [7, 11) is 0. The number of unbranched alkanes of at least 4 members (excludes halogenated alkanes) is 1. The maximum Gasteiger partial charge on any atom is 0.344 e. The minimum absolute atomic E-state index is 0.239. The highest BCUT2D eigenvalue weighted by Gasteiger charge is 2.15. The summed E-state index contributed by atoms with van der Waals surface area (Å²) in [6.07, 6.45) is 4.06. The van der Waals surface area contributed by atoms with Gasteiger partial charge in [0.05, 0.1) is 34.8 Å². The number of nitrogens with zero attached hydrogens (tertiary/aromatic N) is 3. The summed E-state index contributed by atoms with van der Waals surface area (Å²) < 4.78 is 19.0. The lowest BCUT2D eigenvalue weighted by Crippen LogP contribution is -2.22. The van der Waals surface area contributed by atoms with Gasteiger partial charge in [0.1, 0.15) is 5.82 Å². The molecule has 0 saturated carbocycles. The van der Waals surface area contributed by atoms with E-state index in [4.69, 9.17) is 19.2 Å². The van der Waals surface area contributed by atoms with E-state index >= 15 is 0 Å². The molecule has 8 nitrogen and oxygen atoms in total. The Morgan fingerprint density at radius 1 is 1.11 bits per heavy atom. The molecule has 0 unspecified atom stereocenters. The van der Waals surface area contributed by atoms with Crippen molar-refractivity contribution in [3.8, 4) is 11.5 Å². The topological polar surface area (TPSA) is 92.0 Å². The number of esters is 1. The molecule has 1 heterocycles. The Morgan fingerprint density at radius 2 is 1.91 bits per heavy atom. The number of halogens is 2. The standard InChI is InChI=1S/C25H27Br2N3O5/c1-4-7-8-22-29-20-10-9-17(26)13-18(20)25(32)30(22)28-14-16-11-19(27)24(21(12-16)33-5-2)35-15-23(31)34-6-3/h9-14H,4-8,15H2,1-3H3. The van der Waals surface area contributed by atoms with Crippen molar-refractivity contribution in [2.24, 2.45) is 5.10 Å². The number of rotatable bonds is 11. The van der Waals surface area contributed by atoms with Gasteiger partial charge in [0.25, 0.3) is 5.56 Å². The summed E-state index contributed by atoms with van der Waals surface area (Å²) in [6.45, 7) is 6.10. The van der Waals surface area contributed by atoms with E-state index in [0.29, 0.717) is 51.3 Å². The van der Waals surface area contributed by atoms with Crippen LogP contribution in [0.25, 0.3) is 10.9 Å². The zero-order valence-electron chi connectivity index (χ0n) is 19.8. The van der Waals surface area contributed by atoms with Crippen molar-refractivity contribution in [2.45, 2.75) is 40.0 Å². The molecule has 3 rings (SSSR count). The van der Waals surface area contributed by atoms with Crippen LogP contribution in [0.5, 0.6) is 11.5 Å². The average Bonchev–Trinajstić information content (AvgIpc) is 2.82. The Balaban J connectivity index is 2.00. The quantitative estimate of drug-likeness (QED) is 0.211. The van der Waals surface area contributed by atoms with Crippen LogP contribution < -0.4 is 15.0 Å². The molecule has 3 aromatic rings. The van der Waals surface area contributed by atoms with Crippen molar-refractivity contribution >= 4 is 54.9 Å². The van der Waals surface area contributed by atoms with Crippen LogP contribution in [0.15, 0.2) is 49.2 Å². The van der Waals surface area contributed by atoms with Gasteiger partial charge in [0.2, 0.25) is 0 Å². The van der Waals surface area contributed by atoms with E-state index in [1.807, 2.05) is 19.1 Å². The van der Waals surface area contributed by atoms with Crippen LogP contribution in [0.2, 0.25) is 0 Å². The van der Waals surface area contributed by atoms with Gasteiger partial charge in [-0.15, -0.1) is 0 Å². The van der Waals surface area contributed by atoms with E-state index < -0.39 is 5.97 Å². The van der Waals surface area contributed by atoms with Gasteiger partial charge < -0.3 is 14.2 Å². The molecular weight excluding hydrogens is 582 g/mol. The molecule has 0 atom stereocenters. The third-order valence-electron chi connectivity index (χ3n) is 4.92. The lowest BCUT2D eigenvalue weighted by atomic mass is 10.2. The smallest absolute Gasteiger partial charge is 0.344 e. The van der Waals surface area contributed by atoms with Crippen molar-refractivity contribution in [3.63, 3.8) is 0 Å². The molecule has 0 saturated heterocycles. The van der Waals surface area contributed by atoms with E-state index in [9.17, 15) is 9.59 Å². The lowest BCUT2D eigenvalue weighted by molar-refractivity contribution is -0.145. The molecule has 0 aliphatic rings. The first-order valence-corrected chi connectivity index (χ1v) is 13.0. The maximum absolute atomic E-state index is 13.3. The average molecular weight is 609 g/mol. The summed E-state index contributed by atoms with van der Waals surface area (Å²) >= 11 is 6.90. The number of ether oxygens (including phenoxy) is 3. The Hall–Kier alpha value is -2.72. The number of aromatic nitrogens is 2. The second-order valence-electron chi connectivity index (χ2n) is 7.51. The molecule has 0 aliphatic heterocycles. The van der Waals surface area contributed by atoms with Gasteiger partial charge in [0, 0.05) is 10.9 Å². The fourth-order valence-corrected chi connectivity index (χ4v) is 4.27. The fraction of sp³-hybridized carbons (Fsp3) is 0.360. The van der Waals surface area contributed by atoms with Gasteiger partial charge in [0.15, 0.2) is 18.1 Å². The summed E-state index contributed by atoms with van der Waals surface area (Å²) in [5.41, 5.74) is 1.07. The molecule has 1 aromatic heterocycles. The lowest BCUT2D eigenvalue weighted by Gasteiger charge is -2.14. The van der Waals surface area contributed by atoms with Crippen molar-refractivity contribution in [3.05, 3.63) is 61.0 Å². The summed E-state index contributed by atoms with van der Waals surface area (Å²) in [4.78, 5) is 29.7. The first-order valence-electron chi connectivity index (χ1n) is 11.4. The van der Waals surface area contributed by atoms with Crippen molar-refractivity contribution < 1.29 is 19.0 Å². The van der Waals surface area contributed by atoms with E-state index in [1.54, 1.807) is 31.3 Å². The number of hydrogen-bond donors (Lipinski definition) is 0. The normalized spacial score (nSPS) is 11.2. The zero-order valence-corrected chi connectivity index (χ0v) is 23.0. The highest BCUT2D eigenvalue weighted by molar-refractivity contribution is 9.10. The molecule has 0 aliphatic carbocycles. The van der Waals surface area contributed by atoms with E-state index in [0.717, 1.165) is 17.3 Å². The van der Waals surface area contributed by atoms with Crippen molar-refractivity contribution in [2.75, 3.05) is 19.8 Å². The highest BCUT2D eigenvalue weighted by atomic mass is 79.9. The molecule has 0 fully saturated rings. The van der Waals surface area contributed by atoms with Gasteiger partial charge in [-0.25, -0.2) is 9.78 Å². The summed E-state index contributed by atoms with van der Waals surface area (Å²) in [5.74, 6) is 0.949. The Labute approximate surface area is 220 Å². The number of benzene rings is 2. The molecule has 35 heavy (non-hydrogen) atoms. The maximum atomic E-state index is 13.3. The number of fused-ring (bicyclic) bond motifs is 1. The molecule has 0 N–H and O–H groups in total. The first-order chi connectivity index (χ1) is 16.9. The van der Waals surface area contributed by atoms with E-state index in [2.05, 4.69) is 43.9 Å². The molecular formula is C25H27Br2N3O5. The monoisotopic (exact) mass is 607 g/mol. The third kappa shape index (κ3) is 6.91. The number of aryl methyl sites for hydroxylation is 1. The molecule has 0 spiro atoms. The zero-order chi connectivity index (χ0) is 25.4. The van der Waals surface area contributed by atoms with Crippen LogP contribution in [0.3, 0.4) is 0 Å². The SMILES string of the molecule is CCCCc1nc2ccc(Br)cc2c(=O)n1N=Cc1cc(Br)c(OCC(=O)OCC)c(OCC)c1. The van der Waals surface area contributed by atoms with Gasteiger partial charge in [-0.2, -0.15) is 9.78 Å². The van der Waals surface area contributed by atoms with Gasteiger partial charge in [-0.05, 0) is 72.1 Å². The largest absolute Gasteiger partial charge is 0.490 e. The number of hydrogen-bond acceptors (Lipinski definition) is 7. The molecule has 10 heteroatoms. The minimum atomic E-state index is -0.470. The van der Waals surface area contributed by atoms with Crippen LogP contribution in [0.1, 0.15) is 45.0 Å². The Morgan fingerprint density at radius 3 is 2.63 bits per heavy atom. The number of carbonyl (C=O) groups is 1. The number of carbonyl (C=O) groups excluding carboxylic acids is 1. The second-order valence-corrected chi connectivity index (χ2v) is 9.28. The summed E-state index contributed by atoms with van der Waals surface area (Å²) in [5, 5.41) is 4.97. The molecule has 0 radical (unpaired) electrons. The van der Waals surface area contributed by atoms with E-state index in [1.165, 1.54) is 4.68 Å². The Kier molecular flexibility index (Phi) is 9.85. The van der Waals surface area contributed by atoms with Gasteiger partial charge in [-0.3, -0.25) is 4.79 Å². The molecule has 0 amide bonds. The fourth-order valence-electron chi connectivity index (χ4n) is 3.33. The van der Waals surface area contributed by atoms with Crippen molar-refractivity contribution in [1.29, 1.82) is 0 Å². The molecule has 186 valence electrons. The van der Waals surface area contributed by atoms with E-state index in [-0.39, 0.29) is 18.8 Å². The van der Waals surface area contributed by atoms with Gasteiger partial charge >= 0.3 is 5.97 Å². The predicted octanol–water partition coefficient (Wildman–Crippen LogP) is 5.49. The van der Waals surface area contributed by atoms with Crippen molar-refractivity contribution in [1.82, 2.24) is 9.66 Å². The highest BCUT2D eigenvalue weighted by Crippen LogP contribution is 2.36. The molecule has 0 bridgehead atoms. The third-order valence-corrected chi connectivity index (χ3v) is 6.01. The van der Waals surface area contributed by atoms with Gasteiger partial charge in [-0.1, -0.05) is 29.3 Å². The molecule has 2 aromatic carbocycles.